The fraction of sp³-hybridized carbons (Fsp3) is 0.235. The Morgan fingerprint density at radius 2 is 1.95 bits per heavy atom. The van der Waals surface area contributed by atoms with E-state index in [9.17, 15) is 4.79 Å². The van der Waals surface area contributed by atoms with Crippen molar-refractivity contribution in [3.05, 3.63) is 58.1 Å². The van der Waals surface area contributed by atoms with Crippen molar-refractivity contribution in [1.29, 1.82) is 0 Å². The first-order chi connectivity index (χ1) is 10.5. The van der Waals surface area contributed by atoms with E-state index in [1.54, 1.807) is 18.2 Å². The van der Waals surface area contributed by atoms with Crippen LogP contribution < -0.4 is 10.1 Å². The van der Waals surface area contributed by atoms with Crippen LogP contribution in [-0.4, -0.2) is 12.0 Å². The molecule has 0 unspecified atom stereocenters. The van der Waals surface area contributed by atoms with Crippen molar-refractivity contribution >= 4 is 34.8 Å². The molecule has 0 spiro atoms. The molecule has 116 valence electrons. The molecule has 1 atom stereocenters. The average molecular weight is 338 g/mol. The summed E-state index contributed by atoms with van der Waals surface area (Å²) in [5, 5.41) is 3.47. The van der Waals surface area contributed by atoms with Crippen LogP contribution in [0.15, 0.2) is 42.5 Å². The zero-order chi connectivity index (χ0) is 16.1. The number of halogens is 2. The standard InChI is InChI=1S/C17H17Cl2NO2/c1-3-15(22-12-7-4-6-11(2)10-12)17(21)20-14-9-5-8-13(18)16(14)19/h4-10,15H,3H2,1-2H3,(H,20,21)/t15-/m0/s1. The molecule has 1 N–H and O–H groups in total. The summed E-state index contributed by atoms with van der Waals surface area (Å²) in [5.41, 5.74) is 1.55. The summed E-state index contributed by atoms with van der Waals surface area (Å²) in [5.74, 6) is 0.410. The fourth-order valence-electron chi connectivity index (χ4n) is 1.99. The number of nitrogens with one attached hydrogen (secondary N) is 1. The van der Waals surface area contributed by atoms with Gasteiger partial charge in [-0.3, -0.25) is 4.79 Å². The van der Waals surface area contributed by atoms with Gasteiger partial charge in [0.25, 0.3) is 5.91 Å². The fourth-order valence-corrected chi connectivity index (χ4v) is 2.34. The number of aryl methyl sites for hydroxylation is 1. The number of amides is 1. The van der Waals surface area contributed by atoms with Gasteiger partial charge in [0.2, 0.25) is 0 Å². The summed E-state index contributed by atoms with van der Waals surface area (Å²) in [4.78, 5) is 12.4. The summed E-state index contributed by atoms with van der Waals surface area (Å²) in [6.07, 6.45) is -0.0605. The number of anilines is 1. The van der Waals surface area contributed by atoms with E-state index in [-0.39, 0.29) is 5.91 Å². The summed E-state index contributed by atoms with van der Waals surface area (Å²) >= 11 is 12.0. The topological polar surface area (TPSA) is 38.3 Å². The highest BCUT2D eigenvalue weighted by molar-refractivity contribution is 6.44. The molecular weight excluding hydrogens is 321 g/mol. The molecule has 2 aromatic carbocycles. The van der Waals surface area contributed by atoms with E-state index in [1.165, 1.54) is 0 Å². The van der Waals surface area contributed by atoms with Gasteiger partial charge in [0, 0.05) is 0 Å². The normalized spacial score (nSPS) is 11.8. The predicted molar refractivity (Wildman–Crippen MR) is 91.0 cm³/mol. The molecule has 2 rings (SSSR count). The lowest BCUT2D eigenvalue weighted by molar-refractivity contribution is -0.122. The van der Waals surface area contributed by atoms with Crippen LogP contribution in [0.4, 0.5) is 5.69 Å². The largest absolute Gasteiger partial charge is 0.481 e. The predicted octanol–water partition coefficient (Wildman–Crippen LogP) is 5.10. The zero-order valence-corrected chi connectivity index (χ0v) is 13.9. The van der Waals surface area contributed by atoms with Crippen molar-refractivity contribution in [2.75, 3.05) is 5.32 Å². The molecule has 0 bridgehead atoms. The molecule has 0 radical (unpaired) electrons. The summed E-state index contributed by atoms with van der Waals surface area (Å²) in [6.45, 7) is 3.86. The lowest BCUT2D eigenvalue weighted by atomic mass is 10.2. The summed E-state index contributed by atoms with van der Waals surface area (Å²) in [7, 11) is 0. The zero-order valence-electron chi connectivity index (χ0n) is 12.4. The van der Waals surface area contributed by atoms with E-state index in [0.29, 0.717) is 27.9 Å². The number of hydrogen-bond acceptors (Lipinski definition) is 2. The Morgan fingerprint density at radius 1 is 1.23 bits per heavy atom. The van der Waals surface area contributed by atoms with Gasteiger partial charge >= 0.3 is 0 Å². The van der Waals surface area contributed by atoms with E-state index in [4.69, 9.17) is 27.9 Å². The lowest BCUT2D eigenvalue weighted by Crippen LogP contribution is -2.32. The van der Waals surface area contributed by atoms with E-state index in [1.807, 2.05) is 38.1 Å². The molecule has 0 aliphatic carbocycles. The van der Waals surface area contributed by atoms with Gasteiger partial charge in [-0.15, -0.1) is 0 Å². The molecular formula is C17H17Cl2NO2. The first-order valence-corrected chi connectivity index (χ1v) is 7.75. The number of rotatable bonds is 5. The minimum absolute atomic E-state index is 0.256. The van der Waals surface area contributed by atoms with Crippen LogP contribution in [0, 0.1) is 6.92 Å². The second-order valence-electron chi connectivity index (χ2n) is 4.92. The van der Waals surface area contributed by atoms with Crippen LogP contribution in [0.2, 0.25) is 10.0 Å². The molecule has 5 heteroatoms. The number of hydrogen-bond donors (Lipinski definition) is 1. The van der Waals surface area contributed by atoms with Gasteiger partial charge in [0.05, 0.1) is 15.7 Å². The Labute approximate surface area is 140 Å². The van der Waals surface area contributed by atoms with Gasteiger partial charge in [-0.1, -0.05) is 48.3 Å². The minimum atomic E-state index is -0.600. The second kappa shape index (κ2) is 7.52. The number of carbonyl (C=O) groups is 1. The first-order valence-electron chi connectivity index (χ1n) is 6.99. The first kappa shape index (κ1) is 16.7. The van der Waals surface area contributed by atoms with Crippen LogP contribution in [0.25, 0.3) is 0 Å². The number of ether oxygens (including phenoxy) is 1. The average Bonchev–Trinajstić information content (AvgIpc) is 2.49. The van der Waals surface area contributed by atoms with Gasteiger partial charge in [-0.25, -0.2) is 0 Å². The monoisotopic (exact) mass is 337 g/mol. The third-order valence-corrected chi connectivity index (χ3v) is 3.96. The Hall–Kier alpha value is -1.71. The van der Waals surface area contributed by atoms with Crippen LogP contribution in [0.5, 0.6) is 5.75 Å². The van der Waals surface area contributed by atoms with Crippen LogP contribution in [-0.2, 0) is 4.79 Å². The molecule has 3 nitrogen and oxygen atoms in total. The van der Waals surface area contributed by atoms with Crippen LogP contribution >= 0.6 is 23.2 Å². The van der Waals surface area contributed by atoms with Crippen molar-refractivity contribution in [3.8, 4) is 5.75 Å². The molecule has 0 saturated carbocycles. The maximum atomic E-state index is 12.4. The highest BCUT2D eigenvalue weighted by atomic mass is 35.5. The van der Waals surface area contributed by atoms with Crippen molar-refractivity contribution < 1.29 is 9.53 Å². The van der Waals surface area contributed by atoms with Gasteiger partial charge in [-0.05, 0) is 43.2 Å². The summed E-state index contributed by atoms with van der Waals surface area (Å²) in [6, 6.07) is 12.7. The molecule has 0 fully saturated rings. The molecule has 0 heterocycles. The second-order valence-corrected chi connectivity index (χ2v) is 5.71. The highest BCUT2D eigenvalue weighted by Crippen LogP contribution is 2.29. The smallest absolute Gasteiger partial charge is 0.265 e. The van der Waals surface area contributed by atoms with E-state index < -0.39 is 6.10 Å². The third-order valence-electron chi connectivity index (χ3n) is 3.14. The molecule has 0 aliphatic heterocycles. The van der Waals surface area contributed by atoms with E-state index in [0.717, 1.165) is 5.56 Å². The van der Waals surface area contributed by atoms with Gasteiger partial charge in [0.15, 0.2) is 6.10 Å². The Balaban J connectivity index is 2.10. The Kier molecular flexibility index (Phi) is 5.69. The van der Waals surface area contributed by atoms with Crippen molar-refractivity contribution in [1.82, 2.24) is 0 Å². The molecule has 22 heavy (non-hydrogen) atoms. The maximum Gasteiger partial charge on any atom is 0.265 e. The van der Waals surface area contributed by atoms with Crippen LogP contribution in [0.3, 0.4) is 0 Å². The minimum Gasteiger partial charge on any atom is -0.481 e. The third kappa shape index (κ3) is 4.15. The number of carbonyl (C=O) groups excluding carboxylic acids is 1. The molecule has 2 aromatic rings. The van der Waals surface area contributed by atoms with E-state index in [2.05, 4.69) is 5.32 Å². The summed E-state index contributed by atoms with van der Waals surface area (Å²) < 4.78 is 5.76. The van der Waals surface area contributed by atoms with Crippen molar-refractivity contribution in [2.45, 2.75) is 26.4 Å². The highest BCUT2D eigenvalue weighted by Gasteiger charge is 2.20. The molecule has 0 saturated heterocycles. The van der Waals surface area contributed by atoms with Crippen LogP contribution in [0.1, 0.15) is 18.9 Å². The van der Waals surface area contributed by atoms with Gasteiger partial charge in [0.1, 0.15) is 5.75 Å². The van der Waals surface area contributed by atoms with Gasteiger partial charge in [-0.2, -0.15) is 0 Å². The van der Waals surface area contributed by atoms with E-state index >= 15 is 0 Å². The molecule has 1 amide bonds. The Bertz CT molecular complexity index is 673. The Morgan fingerprint density at radius 3 is 2.64 bits per heavy atom. The number of benzene rings is 2. The quantitative estimate of drug-likeness (QED) is 0.824. The lowest BCUT2D eigenvalue weighted by Gasteiger charge is -2.18. The van der Waals surface area contributed by atoms with Crippen molar-refractivity contribution in [2.24, 2.45) is 0 Å². The SMILES string of the molecule is CC[C@H](Oc1cccc(C)c1)C(=O)Nc1cccc(Cl)c1Cl. The molecule has 0 aliphatic rings. The molecule has 0 aromatic heterocycles. The van der Waals surface area contributed by atoms with Crippen molar-refractivity contribution in [3.63, 3.8) is 0 Å². The maximum absolute atomic E-state index is 12.4. The van der Waals surface area contributed by atoms with Gasteiger partial charge < -0.3 is 10.1 Å².